The molecule has 1 fully saturated rings. The van der Waals surface area contributed by atoms with Crippen LogP contribution in [0.15, 0.2) is 53.4 Å². The maximum atomic E-state index is 11.0. The molecule has 2 aromatic carbocycles. The molecular weight excluding hydrogens is 431 g/mol. The number of carbonyl (C=O) groups excluding carboxylic acids is 1. The summed E-state index contributed by atoms with van der Waals surface area (Å²) >= 11 is 4.90. The maximum absolute atomic E-state index is 11.0. The van der Waals surface area contributed by atoms with Crippen LogP contribution in [0, 0.1) is 6.92 Å². The number of carbonyl (C=O) groups is 1. The summed E-state index contributed by atoms with van der Waals surface area (Å²) in [6.45, 7) is 2.67. The minimum absolute atomic E-state index is 0. The summed E-state index contributed by atoms with van der Waals surface area (Å²) in [4.78, 5) is 10.9. The number of nitrogens with one attached hydrogen (secondary N) is 1. The van der Waals surface area contributed by atoms with Crippen molar-refractivity contribution in [1.82, 2.24) is 5.32 Å². The van der Waals surface area contributed by atoms with E-state index in [1.165, 1.54) is 12.1 Å². The number of alkyl carbamates (subject to hydrolysis) is 1. The van der Waals surface area contributed by atoms with E-state index in [2.05, 4.69) is 9.56 Å². The van der Waals surface area contributed by atoms with Gasteiger partial charge in [-0.05, 0) is 31.2 Å². The second kappa shape index (κ2) is 12.3. The summed E-state index contributed by atoms with van der Waals surface area (Å²) in [7, 11) is -2.04. The van der Waals surface area contributed by atoms with E-state index >= 15 is 0 Å². The Morgan fingerprint density at radius 3 is 2.31 bits per heavy atom. The Balaban J connectivity index is 0.000000292. The molecule has 1 amide bonds. The second-order valence-corrected chi connectivity index (χ2v) is 7.70. The first-order valence-corrected chi connectivity index (χ1v) is 9.99. The number of halogens is 1. The fraction of sp³-hybridized carbons (Fsp3) is 0.278. The van der Waals surface area contributed by atoms with Gasteiger partial charge in [0, 0.05) is 4.90 Å². The molecule has 1 N–H and O–H groups in total. The van der Waals surface area contributed by atoms with Crippen molar-refractivity contribution in [2.24, 2.45) is 0 Å². The Hall–Kier alpha value is -1.49. The zero-order chi connectivity index (χ0) is 20.6. The Bertz CT molecular complexity index is 895. The first kappa shape index (κ1) is 25.5. The van der Waals surface area contributed by atoms with Crippen molar-refractivity contribution in [3.05, 3.63) is 58.3 Å². The van der Waals surface area contributed by atoms with Crippen LogP contribution in [0.3, 0.4) is 0 Å². The number of sulfonamides is 1. The first-order valence-electron chi connectivity index (χ1n) is 8.21. The molecule has 0 bridgehead atoms. The Morgan fingerprint density at radius 2 is 1.79 bits per heavy atom. The molecule has 2 aromatic rings. The number of hydrogen-bond acceptors (Lipinski definition) is 6. The van der Waals surface area contributed by atoms with Gasteiger partial charge in [-0.1, -0.05) is 29.8 Å². The van der Waals surface area contributed by atoms with Crippen molar-refractivity contribution in [2.75, 3.05) is 20.3 Å². The molecule has 8 nitrogen and oxygen atoms in total. The average molecular weight is 451 g/mol. The van der Waals surface area contributed by atoms with E-state index in [0.717, 1.165) is 5.56 Å². The van der Waals surface area contributed by atoms with Crippen LogP contribution in [0.2, 0.25) is 0 Å². The molecule has 0 spiro atoms. The fourth-order valence-corrected chi connectivity index (χ4v) is 2.99. The Labute approximate surface area is 197 Å². The summed E-state index contributed by atoms with van der Waals surface area (Å²) in [5.41, 5.74) is 0.989. The quantitative estimate of drug-likeness (QED) is 0.639. The molecule has 152 valence electrons. The van der Waals surface area contributed by atoms with E-state index in [-0.39, 0.29) is 40.6 Å². The van der Waals surface area contributed by atoms with Crippen LogP contribution < -0.4 is 44.3 Å². The molecule has 11 heteroatoms. The van der Waals surface area contributed by atoms with Crippen LogP contribution in [0.5, 0.6) is 11.5 Å². The summed E-state index contributed by atoms with van der Waals surface area (Å²) in [6.07, 6.45) is -0.633. The summed E-state index contributed by atoms with van der Waals surface area (Å²) < 4.78 is 40.4. The largest absolute Gasteiger partial charge is 1.00 e. The number of rotatable bonds is 6. The van der Waals surface area contributed by atoms with Gasteiger partial charge in [-0.25, -0.2) is 13.2 Å². The summed E-state index contributed by atoms with van der Waals surface area (Å²) in [5, 5.41) is 2.56. The van der Waals surface area contributed by atoms with Gasteiger partial charge < -0.3 is 23.8 Å². The molecular formula is C18H20ClN2NaO6S. The van der Waals surface area contributed by atoms with Crippen molar-refractivity contribution in [3.8, 4) is 11.5 Å². The van der Waals surface area contributed by atoms with Crippen LogP contribution in [0.4, 0.5) is 4.79 Å². The molecule has 0 radical (unpaired) electrons. The van der Waals surface area contributed by atoms with E-state index in [4.69, 9.17) is 26.0 Å². The Morgan fingerprint density at radius 1 is 1.17 bits per heavy atom. The molecule has 1 atom stereocenters. The molecule has 1 aliphatic rings. The third kappa shape index (κ3) is 8.04. The predicted molar refractivity (Wildman–Crippen MR) is 104 cm³/mol. The van der Waals surface area contributed by atoms with Crippen molar-refractivity contribution in [3.63, 3.8) is 0 Å². The molecule has 1 aliphatic heterocycles. The number of aryl methyl sites for hydroxylation is 1. The fourth-order valence-electron chi connectivity index (χ4n) is 2.20. The van der Waals surface area contributed by atoms with Crippen LogP contribution in [0.25, 0.3) is 4.24 Å². The average Bonchev–Trinajstić information content (AvgIpc) is 3.12. The molecule has 29 heavy (non-hydrogen) atoms. The van der Waals surface area contributed by atoms with Gasteiger partial charge >= 0.3 is 35.7 Å². The van der Waals surface area contributed by atoms with E-state index < -0.39 is 16.1 Å². The number of amides is 1. The summed E-state index contributed by atoms with van der Waals surface area (Å²) in [6, 6.07) is 13.7. The zero-order valence-corrected chi connectivity index (χ0v) is 19.9. The van der Waals surface area contributed by atoms with Gasteiger partial charge in [-0.15, -0.1) is 0 Å². The molecule has 0 aliphatic carbocycles. The molecule has 0 aromatic heterocycles. The van der Waals surface area contributed by atoms with Crippen LogP contribution in [-0.2, 0) is 14.8 Å². The summed E-state index contributed by atoms with van der Waals surface area (Å²) in [5.74, 6) is 1.31. The number of para-hydroxylation sites is 2. The van der Waals surface area contributed by atoms with Gasteiger partial charge in [0.15, 0.2) is 17.6 Å². The van der Waals surface area contributed by atoms with Crippen LogP contribution in [0.1, 0.15) is 5.56 Å². The van der Waals surface area contributed by atoms with Crippen LogP contribution in [-0.4, -0.2) is 40.9 Å². The number of hydrogen-bond donors (Lipinski definition) is 1. The predicted octanol–water partition coefficient (Wildman–Crippen LogP) is 0.398. The number of cyclic esters (lactones) is 1. The van der Waals surface area contributed by atoms with E-state index in [9.17, 15) is 13.2 Å². The normalized spacial score (nSPS) is 15.1. The smallest absolute Gasteiger partial charge is 0.493 e. The second-order valence-electron chi connectivity index (χ2n) is 5.73. The minimum atomic E-state index is -3.62. The van der Waals surface area contributed by atoms with Crippen molar-refractivity contribution in [1.29, 1.82) is 0 Å². The molecule has 0 saturated carbocycles. The maximum Gasteiger partial charge on any atom is 1.00 e. The standard InChI is InChI=1S/C11H13NO4.C7H7ClNO2S.Na/c1-14-9-4-2-3-5-10(9)15-7-8-6-12-11(13)16-8;1-6-2-4-7(5-3-6)12(10,11)9-8;/h2-5,8H,6-7H2,1H3,(H,12,13);2-5H,1H3;/q;-1;+1. The Kier molecular flexibility index (Phi) is 10.8. The monoisotopic (exact) mass is 450 g/mol. The zero-order valence-electron chi connectivity index (χ0n) is 16.3. The minimum Gasteiger partial charge on any atom is -0.493 e. The van der Waals surface area contributed by atoms with Crippen molar-refractivity contribution >= 4 is 27.9 Å². The number of benzene rings is 2. The van der Waals surface area contributed by atoms with Crippen LogP contribution >= 0.6 is 11.8 Å². The van der Waals surface area contributed by atoms with Crippen molar-refractivity contribution < 1.29 is 57.0 Å². The first-order chi connectivity index (χ1) is 13.4. The molecule has 1 heterocycles. The molecule has 1 saturated heterocycles. The van der Waals surface area contributed by atoms with Gasteiger partial charge in [0.1, 0.15) is 16.6 Å². The SMILES string of the molecule is COc1ccccc1OCC1CNC(=O)O1.Cc1ccc(S(=O)(=O)[N-]Cl)cc1.[Na+]. The molecule has 3 rings (SSSR count). The van der Waals surface area contributed by atoms with E-state index in [0.29, 0.717) is 24.7 Å². The number of methoxy groups -OCH3 is 1. The number of nitrogens with zero attached hydrogens (tertiary/aromatic N) is 1. The number of ether oxygens (including phenoxy) is 3. The van der Waals surface area contributed by atoms with Gasteiger partial charge in [-0.2, -0.15) is 0 Å². The molecule has 1 unspecified atom stereocenters. The van der Waals surface area contributed by atoms with Gasteiger partial charge in [0.2, 0.25) is 0 Å². The third-order valence-corrected chi connectivity index (χ3v) is 5.25. The van der Waals surface area contributed by atoms with Crippen molar-refractivity contribution in [2.45, 2.75) is 17.9 Å². The van der Waals surface area contributed by atoms with Gasteiger partial charge in [0.25, 0.3) is 0 Å². The van der Waals surface area contributed by atoms with E-state index in [1.807, 2.05) is 31.2 Å². The topological polar surface area (TPSA) is 105 Å². The third-order valence-electron chi connectivity index (χ3n) is 3.65. The van der Waals surface area contributed by atoms with Gasteiger partial charge in [0.05, 0.1) is 13.7 Å². The van der Waals surface area contributed by atoms with E-state index in [1.54, 1.807) is 19.2 Å². The van der Waals surface area contributed by atoms with Gasteiger partial charge in [-0.3, -0.25) is 11.8 Å².